The van der Waals surface area contributed by atoms with Crippen LogP contribution >= 0.6 is 11.6 Å². The third-order valence-corrected chi connectivity index (χ3v) is 4.34. The number of carbonyl (C=O) groups excluding carboxylic acids is 2. The smallest absolute Gasteiger partial charge is 0.309 e. The number of benzene rings is 1. The number of esters is 1. The second-order valence-corrected chi connectivity index (χ2v) is 5.88. The van der Waals surface area contributed by atoms with E-state index in [1.54, 1.807) is 12.1 Å². The Bertz CT molecular complexity index is 735. The number of aromatic nitrogens is 1. The van der Waals surface area contributed by atoms with Gasteiger partial charge in [-0.3, -0.25) is 9.59 Å². The first kappa shape index (κ1) is 15.8. The summed E-state index contributed by atoms with van der Waals surface area (Å²) in [5.41, 5.74) is 1.52. The van der Waals surface area contributed by atoms with Crippen LogP contribution in [0.4, 0.5) is 6.01 Å². The lowest BCUT2D eigenvalue weighted by Crippen LogP contribution is -2.37. The summed E-state index contributed by atoms with van der Waals surface area (Å²) in [6.07, 6.45) is 2.10. The van der Waals surface area contributed by atoms with Gasteiger partial charge in [-0.05, 0) is 31.9 Å². The Labute approximate surface area is 138 Å². The average Bonchev–Trinajstić information content (AvgIpc) is 2.97. The van der Waals surface area contributed by atoms with Gasteiger partial charge in [0.25, 0.3) is 6.01 Å². The standard InChI is InChI=1S/C16H17ClN2O4/c1-2-22-15(21)10-3-5-19(6-4-10)16-18-13-8-12(17)11(9-20)7-14(13)23-16/h7-10H,2-6H2,1H3. The summed E-state index contributed by atoms with van der Waals surface area (Å²) in [5, 5.41) is 0.355. The van der Waals surface area contributed by atoms with E-state index >= 15 is 0 Å². The maximum Gasteiger partial charge on any atom is 0.309 e. The summed E-state index contributed by atoms with van der Waals surface area (Å²) >= 11 is 6.00. The van der Waals surface area contributed by atoms with Gasteiger partial charge in [-0.1, -0.05) is 11.6 Å². The van der Waals surface area contributed by atoms with E-state index in [1.165, 1.54) is 0 Å². The predicted octanol–water partition coefficient (Wildman–Crippen LogP) is 3.07. The van der Waals surface area contributed by atoms with Gasteiger partial charge < -0.3 is 14.1 Å². The summed E-state index contributed by atoms with van der Waals surface area (Å²) in [5.74, 6) is -0.196. The first-order valence-corrected chi connectivity index (χ1v) is 7.97. The molecular weight excluding hydrogens is 320 g/mol. The Hall–Kier alpha value is -2.08. The van der Waals surface area contributed by atoms with Crippen molar-refractivity contribution in [2.45, 2.75) is 19.8 Å². The maximum absolute atomic E-state index is 11.8. The number of rotatable bonds is 4. The van der Waals surface area contributed by atoms with Crippen molar-refractivity contribution in [2.24, 2.45) is 5.92 Å². The first-order valence-electron chi connectivity index (χ1n) is 7.59. The van der Waals surface area contributed by atoms with E-state index in [-0.39, 0.29) is 11.9 Å². The largest absolute Gasteiger partial charge is 0.466 e. The van der Waals surface area contributed by atoms with Crippen molar-refractivity contribution < 1.29 is 18.7 Å². The van der Waals surface area contributed by atoms with Crippen molar-refractivity contribution >= 4 is 41.0 Å². The van der Waals surface area contributed by atoms with Crippen LogP contribution in [0.15, 0.2) is 16.5 Å². The van der Waals surface area contributed by atoms with Gasteiger partial charge in [0.1, 0.15) is 5.52 Å². The van der Waals surface area contributed by atoms with Crippen molar-refractivity contribution in [3.05, 3.63) is 22.7 Å². The zero-order valence-corrected chi connectivity index (χ0v) is 13.5. The molecule has 1 saturated heterocycles. The molecule has 7 heteroatoms. The van der Waals surface area contributed by atoms with Crippen LogP contribution in [0, 0.1) is 5.92 Å². The van der Waals surface area contributed by atoms with Crippen molar-refractivity contribution in [3.8, 4) is 0 Å². The number of oxazole rings is 1. The molecule has 0 N–H and O–H groups in total. The minimum Gasteiger partial charge on any atom is -0.466 e. The number of nitrogens with zero attached hydrogens (tertiary/aromatic N) is 2. The maximum atomic E-state index is 11.8. The van der Waals surface area contributed by atoms with Gasteiger partial charge in [-0.25, -0.2) is 0 Å². The van der Waals surface area contributed by atoms with Gasteiger partial charge in [-0.15, -0.1) is 0 Å². The molecule has 0 unspecified atom stereocenters. The number of hydrogen-bond acceptors (Lipinski definition) is 6. The number of carbonyl (C=O) groups is 2. The normalized spacial score (nSPS) is 15.8. The van der Waals surface area contributed by atoms with Gasteiger partial charge >= 0.3 is 5.97 Å². The molecule has 23 heavy (non-hydrogen) atoms. The van der Waals surface area contributed by atoms with Crippen molar-refractivity contribution in [1.82, 2.24) is 4.98 Å². The summed E-state index contributed by atoms with van der Waals surface area (Å²) in [6.45, 7) is 3.56. The van der Waals surface area contributed by atoms with Crippen LogP contribution in [0.1, 0.15) is 30.1 Å². The van der Waals surface area contributed by atoms with Crippen LogP contribution in [0.25, 0.3) is 11.1 Å². The van der Waals surface area contributed by atoms with E-state index < -0.39 is 0 Å². The molecule has 1 aliphatic heterocycles. The zero-order chi connectivity index (χ0) is 16.4. The number of fused-ring (bicyclic) bond motifs is 1. The second kappa shape index (κ2) is 6.58. The van der Waals surface area contributed by atoms with Crippen LogP contribution in [0.2, 0.25) is 5.02 Å². The van der Waals surface area contributed by atoms with E-state index in [0.717, 1.165) is 0 Å². The summed E-state index contributed by atoms with van der Waals surface area (Å²) < 4.78 is 10.8. The van der Waals surface area contributed by atoms with E-state index in [9.17, 15) is 9.59 Å². The zero-order valence-electron chi connectivity index (χ0n) is 12.8. The van der Waals surface area contributed by atoms with Crippen LogP contribution < -0.4 is 4.90 Å². The van der Waals surface area contributed by atoms with E-state index in [1.807, 2.05) is 11.8 Å². The lowest BCUT2D eigenvalue weighted by Gasteiger charge is -2.29. The van der Waals surface area contributed by atoms with E-state index in [0.29, 0.717) is 66.5 Å². The molecule has 1 aliphatic rings. The summed E-state index contributed by atoms with van der Waals surface area (Å²) in [7, 11) is 0. The van der Waals surface area contributed by atoms with E-state index in [4.69, 9.17) is 20.8 Å². The van der Waals surface area contributed by atoms with Crippen LogP contribution in [-0.2, 0) is 9.53 Å². The number of halogens is 1. The SMILES string of the molecule is CCOC(=O)C1CCN(c2nc3cc(Cl)c(C=O)cc3o2)CC1. The Balaban J connectivity index is 1.74. The van der Waals surface area contributed by atoms with Crippen molar-refractivity contribution in [3.63, 3.8) is 0 Å². The molecule has 0 atom stereocenters. The molecule has 0 saturated carbocycles. The number of aldehydes is 1. The van der Waals surface area contributed by atoms with Gasteiger partial charge in [-0.2, -0.15) is 4.98 Å². The first-order chi connectivity index (χ1) is 11.1. The average molecular weight is 337 g/mol. The molecule has 6 nitrogen and oxygen atoms in total. The molecule has 2 aromatic rings. The lowest BCUT2D eigenvalue weighted by molar-refractivity contribution is -0.148. The van der Waals surface area contributed by atoms with Gasteiger partial charge in [0.05, 0.1) is 17.5 Å². The number of anilines is 1. The van der Waals surface area contributed by atoms with Crippen LogP contribution in [-0.4, -0.2) is 36.9 Å². The Morgan fingerprint density at radius 1 is 1.48 bits per heavy atom. The van der Waals surface area contributed by atoms with Crippen LogP contribution in [0.5, 0.6) is 0 Å². The molecule has 0 amide bonds. The minimum absolute atomic E-state index is 0.0633. The molecule has 3 rings (SSSR count). The van der Waals surface area contributed by atoms with Gasteiger partial charge in [0.15, 0.2) is 11.9 Å². The molecule has 0 bridgehead atoms. The Morgan fingerprint density at radius 3 is 2.87 bits per heavy atom. The molecule has 1 aromatic heterocycles. The Morgan fingerprint density at radius 2 is 2.22 bits per heavy atom. The highest BCUT2D eigenvalue weighted by molar-refractivity contribution is 6.33. The van der Waals surface area contributed by atoms with Crippen molar-refractivity contribution in [1.29, 1.82) is 0 Å². The summed E-state index contributed by atoms with van der Waals surface area (Å²) in [6, 6.07) is 3.70. The molecule has 0 spiro atoms. The fourth-order valence-corrected chi connectivity index (χ4v) is 2.95. The molecule has 122 valence electrons. The highest BCUT2D eigenvalue weighted by atomic mass is 35.5. The number of hydrogen-bond donors (Lipinski definition) is 0. The highest BCUT2D eigenvalue weighted by Gasteiger charge is 2.28. The van der Waals surface area contributed by atoms with Gasteiger partial charge in [0, 0.05) is 18.7 Å². The number of piperidine rings is 1. The predicted molar refractivity (Wildman–Crippen MR) is 86.0 cm³/mol. The minimum atomic E-state index is -0.132. The monoisotopic (exact) mass is 336 g/mol. The molecular formula is C16H17ClN2O4. The molecule has 0 radical (unpaired) electrons. The fraction of sp³-hybridized carbons (Fsp3) is 0.438. The van der Waals surface area contributed by atoms with Crippen LogP contribution in [0.3, 0.4) is 0 Å². The van der Waals surface area contributed by atoms with E-state index in [2.05, 4.69) is 4.98 Å². The number of ether oxygens (including phenoxy) is 1. The Kier molecular flexibility index (Phi) is 4.52. The molecule has 2 heterocycles. The highest BCUT2D eigenvalue weighted by Crippen LogP contribution is 2.29. The van der Waals surface area contributed by atoms with Gasteiger partial charge in [0.2, 0.25) is 0 Å². The quantitative estimate of drug-likeness (QED) is 0.631. The third-order valence-electron chi connectivity index (χ3n) is 4.01. The third kappa shape index (κ3) is 3.17. The molecule has 0 aliphatic carbocycles. The summed E-state index contributed by atoms with van der Waals surface area (Å²) in [4.78, 5) is 29.1. The fourth-order valence-electron chi connectivity index (χ4n) is 2.74. The molecule has 1 aromatic carbocycles. The topological polar surface area (TPSA) is 72.6 Å². The lowest BCUT2D eigenvalue weighted by atomic mass is 9.97. The van der Waals surface area contributed by atoms with Crippen molar-refractivity contribution in [2.75, 3.05) is 24.6 Å². The molecule has 1 fully saturated rings. The second-order valence-electron chi connectivity index (χ2n) is 5.47.